The zero-order valence-corrected chi connectivity index (χ0v) is 8.62. The first-order valence-corrected chi connectivity index (χ1v) is 5.05. The Labute approximate surface area is 79.3 Å². The number of anilines is 1. The van der Waals surface area contributed by atoms with Gasteiger partial charge in [-0.2, -0.15) is 5.10 Å². The molecule has 0 aliphatic carbocycles. The van der Waals surface area contributed by atoms with Gasteiger partial charge in [0.15, 0.2) is 0 Å². The molecule has 0 aromatic carbocycles. The molecular weight excluding hydrogens is 162 g/mol. The maximum atomic E-state index is 4.56. The Morgan fingerprint density at radius 3 is 2.85 bits per heavy atom. The number of nitrogens with zero attached hydrogens (tertiary/aromatic N) is 3. The van der Waals surface area contributed by atoms with Crippen molar-refractivity contribution in [1.82, 2.24) is 9.78 Å². The average molecular weight is 179 g/mol. The highest BCUT2D eigenvalue weighted by Crippen LogP contribution is 2.25. The highest BCUT2D eigenvalue weighted by Gasteiger charge is 2.20. The number of hydrogen-bond acceptors (Lipinski definition) is 2. The minimum atomic E-state index is 0.539. The molecule has 0 amide bonds. The Morgan fingerprint density at radius 2 is 2.23 bits per heavy atom. The first-order valence-electron chi connectivity index (χ1n) is 5.05. The van der Waals surface area contributed by atoms with Crippen molar-refractivity contribution in [2.45, 2.75) is 33.2 Å². The molecule has 0 saturated carbocycles. The minimum absolute atomic E-state index is 0.539. The van der Waals surface area contributed by atoms with Crippen LogP contribution in [0.5, 0.6) is 0 Å². The van der Waals surface area contributed by atoms with Crippen molar-refractivity contribution in [1.29, 1.82) is 0 Å². The van der Waals surface area contributed by atoms with E-state index in [1.54, 1.807) is 0 Å². The molecule has 2 rings (SSSR count). The lowest BCUT2D eigenvalue weighted by Gasteiger charge is -2.12. The molecule has 0 radical (unpaired) electrons. The van der Waals surface area contributed by atoms with Gasteiger partial charge in [-0.25, -0.2) is 4.68 Å². The van der Waals surface area contributed by atoms with E-state index in [0.29, 0.717) is 5.92 Å². The van der Waals surface area contributed by atoms with Gasteiger partial charge in [-0.1, -0.05) is 13.8 Å². The summed E-state index contributed by atoms with van der Waals surface area (Å²) >= 11 is 0. The molecule has 0 fully saturated rings. The Bertz CT molecular complexity index is 301. The SMILES string of the molecule is CCN1CCn2nc(C(C)C)cc21. The summed E-state index contributed by atoms with van der Waals surface area (Å²) in [6.45, 7) is 9.83. The Kier molecular flexibility index (Phi) is 2.02. The molecule has 72 valence electrons. The van der Waals surface area contributed by atoms with E-state index in [-0.39, 0.29) is 0 Å². The second-order valence-corrected chi connectivity index (χ2v) is 3.88. The third-order valence-electron chi connectivity index (χ3n) is 2.66. The molecule has 1 aliphatic heterocycles. The molecule has 1 aliphatic rings. The maximum absolute atomic E-state index is 4.56. The molecule has 13 heavy (non-hydrogen) atoms. The Morgan fingerprint density at radius 1 is 1.46 bits per heavy atom. The standard InChI is InChI=1S/C10H17N3/c1-4-12-5-6-13-10(12)7-9(11-13)8(2)3/h7-8H,4-6H2,1-3H3. The van der Waals surface area contributed by atoms with Crippen LogP contribution in [0.1, 0.15) is 32.4 Å². The topological polar surface area (TPSA) is 21.1 Å². The molecule has 3 heteroatoms. The zero-order valence-electron chi connectivity index (χ0n) is 8.62. The predicted octanol–water partition coefficient (Wildman–Crippen LogP) is 1.85. The average Bonchev–Trinajstić information content (AvgIpc) is 2.60. The molecular formula is C10H17N3. The highest BCUT2D eigenvalue weighted by atomic mass is 15.4. The molecule has 1 aromatic rings. The van der Waals surface area contributed by atoms with Crippen LogP contribution in [0, 0.1) is 0 Å². The van der Waals surface area contributed by atoms with Crippen LogP contribution < -0.4 is 4.90 Å². The van der Waals surface area contributed by atoms with Crippen LogP contribution in [0.4, 0.5) is 5.82 Å². The van der Waals surface area contributed by atoms with Gasteiger partial charge < -0.3 is 4.90 Å². The summed E-state index contributed by atoms with van der Waals surface area (Å²) < 4.78 is 2.12. The van der Waals surface area contributed by atoms with Crippen LogP contribution in [0.15, 0.2) is 6.07 Å². The van der Waals surface area contributed by atoms with Gasteiger partial charge in [-0.05, 0) is 12.8 Å². The van der Waals surface area contributed by atoms with Crippen molar-refractivity contribution in [2.24, 2.45) is 0 Å². The van der Waals surface area contributed by atoms with Gasteiger partial charge in [0.1, 0.15) is 5.82 Å². The third-order valence-corrected chi connectivity index (χ3v) is 2.66. The molecule has 0 unspecified atom stereocenters. The fourth-order valence-electron chi connectivity index (χ4n) is 1.78. The lowest BCUT2D eigenvalue weighted by Crippen LogP contribution is -2.19. The van der Waals surface area contributed by atoms with Gasteiger partial charge in [-0.15, -0.1) is 0 Å². The van der Waals surface area contributed by atoms with E-state index in [1.165, 1.54) is 11.5 Å². The van der Waals surface area contributed by atoms with E-state index in [4.69, 9.17) is 0 Å². The molecule has 0 N–H and O–H groups in total. The van der Waals surface area contributed by atoms with E-state index >= 15 is 0 Å². The summed E-state index contributed by atoms with van der Waals surface area (Å²) in [5.41, 5.74) is 1.22. The van der Waals surface area contributed by atoms with Crippen LogP contribution >= 0.6 is 0 Å². The van der Waals surface area contributed by atoms with Crippen molar-refractivity contribution >= 4 is 5.82 Å². The molecule has 0 bridgehead atoms. The Hall–Kier alpha value is -0.990. The third kappa shape index (κ3) is 1.32. The van der Waals surface area contributed by atoms with Crippen molar-refractivity contribution < 1.29 is 0 Å². The van der Waals surface area contributed by atoms with Gasteiger partial charge in [0.25, 0.3) is 0 Å². The summed E-state index contributed by atoms with van der Waals surface area (Å²) in [5, 5.41) is 4.56. The largest absolute Gasteiger partial charge is 0.355 e. The molecule has 3 nitrogen and oxygen atoms in total. The quantitative estimate of drug-likeness (QED) is 0.690. The fourth-order valence-corrected chi connectivity index (χ4v) is 1.78. The number of rotatable bonds is 2. The van der Waals surface area contributed by atoms with E-state index in [1.807, 2.05) is 0 Å². The van der Waals surface area contributed by atoms with Crippen LogP contribution in [-0.4, -0.2) is 22.9 Å². The zero-order chi connectivity index (χ0) is 9.42. The van der Waals surface area contributed by atoms with Crippen LogP contribution in [0.2, 0.25) is 0 Å². The number of hydrogen-bond donors (Lipinski definition) is 0. The van der Waals surface area contributed by atoms with Crippen molar-refractivity contribution in [2.75, 3.05) is 18.0 Å². The second kappa shape index (κ2) is 3.05. The van der Waals surface area contributed by atoms with Crippen LogP contribution in [0.25, 0.3) is 0 Å². The summed E-state index contributed by atoms with van der Waals surface area (Å²) in [5.74, 6) is 1.84. The summed E-state index contributed by atoms with van der Waals surface area (Å²) in [4.78, 5) is 2.37. The number of likely N-dealkylation sites (N-methyl/N-ethyl adjacent to an activating group) is 1. The first-order chi connectivity index (χ1) is 6.22. The monoisotopic (exact) mass is 179 g/mol. The van der Waals surface area contributed by atoms with Crippen molar-refractivity contribution in [3.63, 3.8) is 0 Å². The smallest absolute Gasteiger partial charge is 0.127 e. The fraction of sp³-hybridized carbons (Fsp3) is 0.700. The van der Waals surface area contributed by atoms with Gasteiger partial charge in [0.05, 0.1) is 12.2 Å². The molecule has 0 atom stereocenters. The lowest BCUT2D eigenvalue weighted by molar-refractivity contribution is 0.657. The van der Waals surface area contributed by atoms with Gasteiger partial charge in [-0.3, -0.25) is 0 Å². The van der Waals surface area contributed by atoms with E-state index in [9.17, 15) is 0 Å². The van der Waals surface area contributed by atoms with Gasteiger partial charge in [0, 0.05) is 19.2 Å². The van der Waals surface area contributed by atoms with Gasteiger partial charge in [0.2, 0.25) is 0 Å². The molecule has 2 heterocycles. The number of aromatic nitrogens is 2. The second-order valence-electron chi connectivity index (χ2n) is 3.88. The van der Waals surface area contributed by atoms with Crippen LogP contribution in [-0.2, 0) is 6.54 Å². The molecule has 0 saturated heterocycles. The van der Waals surface area contributed by atoms with E-state index in [2.05, 4.69) is 41.5 Å². The first kappa shape index (κ1) is 8.60. The molecule has 1 aromatic heterocycles. The number of fused-ring (bicyclic) bond motifs is 1. The summed E-state index contributed by atoms with van der Waals surface area (Å²) in [6.07, 6.45) is 0. The van der Waals surface area contributed by atoms with Crippen molar-refractivity contribution in [3.05, 3.63) is 11.8 Å². The predicted molar refractivity (Wildman–Crippen MR) is 54.2 cm³/mol. The lowest BCUT2D eigenvalue weighted by atomic mass is 10.1. The normalized spacial score (nSPS) is 15.5. The van der Waals surface area contributed by atoms with E-state index in [0.717, 1.165) is 19.6 Å². The summed E-state index contributed by atoms with van der Waals surface area (Å²) in [6, 6.07) is 2.22. The maximum Gasteiger partial charge on any atom is 0.127 e. The minimum Gasteiger partial charge on any atom is -0.355 e. The van der Waals surface area contributed by atoms with E-state index < -0.39 is 0 Å². The Balaban J connectivity index is 2.31. The highest BCUT2D eigenvalue weighted by molar-refractivity contribution is 5.44. The molecule has 0 spiro atoms. The van der Waals surface area contributed by atoms with Crippen LogP contribution in [0.3, 0.4) is 0 Å². The van der Waals surface area contributed by atoms with Crippen molar-refractivity contribution in [3.8, 4) is 0 Å². The van der Waals surface area contributed by atoms with Gasteiger partial charge >= 0.3 is 0 Å². The summed E-state index contributed by atoms with van der Waals surface area (Å²) in [7, 11) is 0.